The third-order valence-corrected chi connectivity index (χ3v) is 5.75. The molecule has 1 aromatic heterocycles. The van der Waals surface area contributed by atoms with Gasteiger partial charge >= 0.3 is 0 Å². The van der Waals surface area contributed by atoms with Crippen LogP contribution in [-0.2, 0) is 5.75 Å². The van der Waals surface area contributed by atoms with E-state index in [9.17, 15) is 0 Å². The molecule has 4 nitrogen and oxygen atoms in total. The fourth-order valence-electron chi connectivity index (χ4n) is 2.10. The van der Waals surface area contributed by atoms with Crippen molar-refractivity contribution < 1.29 is 0 Å². The van der Waals surface area contributed by atoms with Crippen LogP contribution in [0.1, 0.15) is 17.0 Å². The van der Waals surface area contributed by atoms with E-state index >= 15 is 0 Å². The number of rotatable bonds is 6. The summed E-state index contributed by atoms with van der Waals surface area (Å²) in [5, 5.41) is 13.7. The molecule has 0 aliphatic heterocycles. The number of aromatic nitrogens is 3. The highest BCUT2D eigenvalue weighted by molar-refractivity contribution is 9.10. The van der Waals surface area contributed by atoms with Gasteiger partial charge < -0.3 is 0 Å². The van der Waals surface area contributed by atoms with Crippen LogP contribution in [-0.4, -0.2) is 27.3 Å². The summed E-state index contributed by atoms with van der Waals surface area (Å²) in [6.45, 7) is 1.91. The normalized spacial score (nSPS) is 11.3. The summed E-state index contributed by atoms with van der Waals surface area (Å²) in [4.78, 5) is 1.24. The van der Waals surface area contributed by atoms with Gasteiger partial charge in [-0.2, -0.15) is 9.78 Å². The second-order valence-corrected chi connectivity index (χ2v) is 8.01. The molecule has 128 valence electrons. The van der Waals surface area contributed by atoms with E-state index in [-0.39, 0.29) is 0 Å². The van der Waals surface area contributed by atoms with Gasteiger partial charge in [0.15, 0.2) is 5.82 Å². The van der Waals surface area contributed by atoms with E-state index in [0.29, 0.717) is 0 Å². The largest absolute Gasteiger partial charge is 0.212 e. The molecule has 0 spiro atoms. The van der Waals surface area contributed by atoms with Crippen molar-refractivity contribution in [1.82, 2.24) is 14.9 Å². The number of aryl methyl sites for hydroxylation is 1. The lowest BCUT2D eigenvalue weighted by atomic mass is 10.2. The molecule has 0 amide bonds. The standard InChI is InChI=1S/C18H17BrN4S2/c1-13-21-22-18(25-12-15-3-7-16(19)8-4-15)23(13)20-11-14-5-9-17(24-2)10-6-14/h3-11H,12H2,1-2H3/b20-11+. The van der Waals surface area contributed by atoms with Gasteiger partial charge in [0.1, 0.15) is 0 Å². The summed E-state index contributed by atoms with van der Waals surface area (Å²) in [5.74, 6) is 1.60. The second-order valence-electron chi connectivity index (χ2n) is 5.27. The zero-order valence-electron chi connectivity index (χ0n) is 13.9. The van der Waals surface area contributed by atoms with E-state index in [1.807, 2.05) is 25.3 Å². The molecule has 1 heterocycles. The maximum Gasteiger partial charge on any atom is 0.212 e. The predicted octanol–water partition coefficient (Wildman–Crippen LogP) is 5.25. The van der Waals surface area contributed by atoms with Gasteiger partial charge in [0.2, 0.25) is 5.16 Å². The van der Waals surface area contributed by atoms with Crippen LogP contribution < -0.4 is 0 Å². The monoisotopic (exact) mass is 432 g/mol. The Balaban J connectivity index is 1.72. The van der Waals surface area contributed by atoms with E-state index < -0.39 is 0 Å². The van der Waals surface area contributed by atoms with Crippen molar-refractivity contribution in [3.63, 3.8) is 0 Å². The molecule has 3 aromatic rings. The highest BCUT2D eigenvalue weighted by atomic mass is 79.9. The van der Waals surface area contributed by atoms with Gasteiger partial charge in [0.25, 0.3) is 0 Å². The Labute approximate surface area is 164 Å². The van der Waals surface area contributed by atoms with E-state index in [1.54, 1.807) is 28.2 Å². The Morgan fingerprint density at radius 2 is 1.80 bits per heavy atom. The first-order chi connectivity index (χ1) is 12.2. The Bertz CT molecular complexity index is 858. The predicted molar refractivity (Wildman–Crippen MR) is 110 cm³/mol. The minimum absolute atomic E-state index is 0.773. The van der Waals surface area contributed by atoms with Crippen molar-refractivity contribution in [3.05, 3.63) is 70.0 Å². The summed E-state index contributed by atoms with van der Waals surface area (Å²) in [5.41, 5.74) is 2.28. The molecule has 0 aliphatic rings. The van der Waals surface area contributed by atoms with Gasteiger partial charge in [-0.05, 0) is 48.6 Å². The van der Waals surface area contributed by atoms with E-state index in [4.69, 9.17) is 0 Å². The Kier molecular flexibility index (Phi) is 6.34. The summed E-state index contributed by atoms with van der Waals surface area (Å²) >= 11 is 6.81. The summed E-state index contributed by atoms with van der Waals surface area (Å²) < 4.78 is 2.86. The highest BCUT2D eigenvalue weighted by Crippen LogP contribution is 2.23. The van der Waals surface area contributed by atoms with Crippen LogP contribution in [0, 0.1) is 6.92 Å². The summed E-state index contributed by atoms with van der Waals surface area (Å²) in [6.07, 6.45) is 3.91. The maximum atomic E-state index is 4.55. The number of nitrogens with zero attached hydrogens (tertiary/aromatic N) is 4. The number of hydrogen-bond donors (Lipinski definition) is 0. The molecule has 3 rings (SSSR count). The average molecular weight is 433 g/mol. The molecule has 2 aromatic carbocycles. The first-order valence-corrected chi connectivity index (χ1v) is 10.6. The lowest BCUT2D eigenvalue weighted by Crippen LogP contribution is -1.96. The fraction of sp³-hybridized carbons (Fsp3) is 0.167. The van der Waals surface area contributed by atoms with E-state index in [0.717, 1.165) is 26.8 Å². The minimum atomic E-state index is 0.773. The Hall–Kier alpha value is -1.57. The summed E-state index contributed by atoms with van der Waals surface area (Å²) in [6, 6.07) is 16.6. The quantitative estimate of drug-likeness (QED) is 0.394. The van der Waals surface area contributed by atoms with Crippen LogP contribution in [0.15, 0.2) is 68.2 Å². The highest BCUT2D eigenvalue weighted by Gasteiger charge is 2.08. The second kappa shape index (κ2) is 8.69. The molecular formula is C18H17BrN4S2. The molecule has 0 saturated heterocycles. The maximum absolute atomic E-state index is 4.55. The molecule has 0 unspecified atom stereocenters. The Morgan fingerprint density at radius 1 is 1.08 bits per heavy atom. The third-order valence-electron chi connectivity index (χ3n) is 3.49. The smallest absolute Gasteiger partial charge is 0.192 e. The number of hydrogen-bond acceptors (Lipinski definition) is 5. The van der Waals surface area contributed by atoms with Crippen molar-refractivity contribution in [2.24, 2.45) is 5.10 Å². The van der Waals surface area contributed by atoms with Crippen molar-refractivity contribution in [2.75, 3.05) is 6.26 Å². The molecule has 7 heteroatoms. The molecule has 25 heavy (non-hydrogen) atoms. The summed E-state index contributed by atoms with van der Waals surface area (Å²) in [7, 11) is 0. The first kappa shape index (κ1) is 18.2. The molecule has 0 saturated carbocycles. The lowest BCUT2D eigenvalue weighted by molar-refractivity contribution is 0.744. The topological polar surface area (TPSA) is 43.1 Å². The zero-order valence-corrected chi connectivity index (χ0v) is 17.1. The van der Waals surface area contributed by atoms with Gasteiger partial charge in [-0.15, -0.1) is 22.0 Å². The third kappa shape index (κ3) is 4.96. The van der Waals surface area contributed by atoms with Crippen LogP contribution in [0.4, 0.5) is 0 Å². The van der Waals surface area contributed by atoms with Crippen LogP contribution in [0.3, 0.4) is 0 Å². The van der Waals surface area contributed by atoms with Gasteiger partial charge in [0, 0.05) is 15.1 Å². The van der Waals surface area contributed by atoms with Crippen molar-refractivity contribution in [1.29, 1.82) is 0 Å². The molecule has 0 aliphatic carbocycles. The number of benzene rings is 2. The Morgan fingerprint density at radius 3 is 2.48 bits per heavy atom. The SMILES string of the molecule is CSc1ccc(/C=N/n2c(C)nnc2SCc2ccc(Br)cc2)cc1. The molecule has 0 radical (unpaired) electrons. The van der Waals surface area contributed by atoms with Crippen molar-refractivity contribution in [3.8, 4) is 0 Å². The molecule has 0 bridgehead atoms. The number of halogens is 1. The van der Waals surface area contributed by atoms with Gasteiger partial charge in [-0.1, -0.05) is 52.0 Å². The van der Waals surface area contributed by atoms with Crippen LogP contribution in [0.25, 0.3) is 0 Å². The molecule has 0 fully saturated rings. The fourth-order valence-corrected chi connectivity index (χ4v) is 3.67. The molecule has 0 N–H and O–H groups in total. The van der Waals surface area contributed by atoms with Gasteiger partial charge in [-0.3, -0.25) is 0 Å². The average Bonchev–Trinajstić information content (AvgIpc) is 2.99. The van der Waals surface area contributed by atoms with Crippen molar-refractivity contribution in [2.45, 2.75) is 22.7 Å². The van der Waals surface area contributed by atoms with Crippen LogP contribution >= 0.6 is 39.5 Å². The molecule has 0 atom stereocenters. The first-order valence-electron chi connectivity index (χ1n) is 7.63. The van der Waals surface area contributed by atoms with E-state index in [2.05, 4.69) is 73.9 Å². The van der Waals surface area contributed by atoms with Crippen LogP contribution in [0.5, 0.6) is 0 Å². The van der Waals surface area contributed by atoms with Gasteiger partial charge in [0.05, 0.1) is 6.21 Å². The van der Waals surface area contributed by atoms with Crippen molar-refractivity contribution >= 4 is 45.7 Å². The number of thioether (sulfide) groups is 2. The van der Waals surface area contributed by atoms with Crippen LogP contribution in [0.2, 0.25) is 0 Å². The van der Waals surface area contributed by atoms with E-state index in [1.165, 1.54) is 10.5 Å². The molecular weight excluding hydrogens is 416 g/mol. The minimum Gasteiger partial charge on any atom is -0.192 e. The lowest BCUT2D eigenvalue weighted by Gasteiger charge is -2.03. The van der Waals surface area contributed by atoms with Gasteiger partial charge in [-0.25, -0.2) is 0 Å². The zero-order chi connectivity index (χ0) is 17.6.